The Bertz CT molecular complexity index is 225. The molecule has 3 N–H and O–H groups in total. The fourth-order valence-corrected chi connectivity index (χ4v) is 0.532. The zero-order chi connectivity index (χ0) is 9.23. The first-order valence-electron chi connectivity index (χ1n) is 3.13. The third-order valence-electron chi connectivity index (χ3n) is 0.988. The van der Waals surface area contributed by atoms with Crippen molar-refractivity contribution in [2.45, 2.75) is 0 Å². The summed E-state index contributed by atoms with van der Waals surface area (Å²) in [5, 5.41) is 2.01. The molecule has 0 atom stereocenters. The Morgan fingerprint density at radius 3 is 2.08 bits per heavy atom. The summed E-state index contributed by atoms with van der Waals surface area (Å²) in [6.45, 7) is 0. The second-order valence-corrected chi connectivity index (χ2v) is 1.75. The van der Waals surface area contributed by atoms with Gasteiger partial charge in [-0.05, 0) is 0 Å². The van der Waals surface area contributed by atoms with Crippen LogP contribution in [0.3, 0.4) is 0 Å². The van der Waals surface area contributed by atoms with Crippen molar-refractivity contribution in [1.82, 2.24) is 5.53 Å². The molecule has 12 heavy (non-hydrogen) atoms. The molecule has 0 amide bonds. The SMILES string of the molecule is NNN=O.O=Cc1ccccc1. The molecule has 0 aliphatic rings. The van der Waals surface area contributed by atoms with Crippen LogP contribution in [0, 0.1) is 4.91 Å². The Morgan fingerprint density at radius 1 is 1.33 bits per heavy atom. The van der Waals surface area contributed by atoms with Crippen molar-refractivity contribution in [3.8, 4) is 0 Å². The average Bonchev–Trinajstić information content (AvgIpc) is 2.19. The van der Waals surface area contributed by atoms with E-state index in [0.717, 1.165) is 11.8 Å². The van der Waals surface area contributed by atoms with E-state index in [0.29, 0.717) is 0 Å². The Hall–Kier alpha value is -1.75. The number of carbonyl (C=O) groups is 1. The maximum Gasteiger partial charge on any atom is 0.150 e. The standard InChI is InChI=1S/C7H6O.H3N3O/c8-6-7-4-2-1-3-5-7;1-2-3-4/h1-6H;(H2,1,3)(H,2,4). The summed E-state index contributed by atoms with van der Waals surface area (Å²) in [6, 6.07) is 9.10. The van der Waals surface area contributed by atoms with Crippen LogP contribution in [-0.2, 0) is 0 Å². The van der Waals surface area contributed by atoms with Gasteiger partial charge in [-0.25, -0.2) is 11.4 Å². The molecule has 64 valence electrons. The summed E-state index contributed by atoms with van der Waals surface area (Å²) in [5.41, 5.74) is 2.23. The molecule has 1 aromatic rings. The van der Waals surface area contributed by atoms with Crippen LogP contribution >= 0.6 is 0 Å². The molecule has 5 heteroatoms. The van der Waals surface area contributed by atoms with Crippen LogP contribution in [0.2, 0.25) is 0 Å². The fourth-order valence-electron chi connectivity index (χ4n) is 0.532. The van der Waals surface area contributed by atoms with E-state index in [4.69, 9.17) is 4.91 Å². The van der Waals surface area contributed by atoms with Crippen molar-refractivity contribution >= 4 is 6.29 Å². The number of hydrogen-bond donors (Lipinski definition) is 2. The Labute approximate surface area is 69.5 Å². The van der Waals surface area contributed by atoms with Crippen molar-refractivity contribution in [3.63, 3.8) is 0 Å². The number of benzene rings is 1. The molecule has 1 rings (SSSR count). The van der Waals surface area contributed by atoms with Gasteiger partial charge in [0.25, 0.3) is 0 Å². The molecule has 0 bridgehead atoms. The van der Waals surface area contributed by atoms with E-state index in [-0.39, 0.29) is 0 Å². The minimum atomic E-state index is 0.729. The summed E-state index contributed by atoms with van der Waals surface area (Å²) in [7, 11) is 0. The fraction of sp³-hybridized carbons (Fsp3) is 0. The van der Waals surface area contributed by atoms with E-state index >= 15 is 0 Å². The molecule has 0 aliphatic carbocycles. The number of hydrazine groups is 1. The monoisotopic (exact) mass is 167 g/mol. The van der Waals surface area contributed by atoms with E-state index < -0.39 is 0 Å². The van der Waals surface area contributed by atoms with Gasteiger partial charge in [0, 0.05) is 5.56 Å². The molecule has 0 radical (unpaired) electrons. The quantitative estimate of drug-likeness (QED) is 0.293. The zero-order valence-electron chi connectivity index (χ0n) is 6.31. The van der Waals surface area contributed by atoms with Gasteiger partial charge in [0.1, 0.15) is 6.29 Å². The smallest absolute Gasteiger partial charge is 0.150 e. The van der Waals surface area contributed by atoms with Crippen molar-refractivity contribution in [2.75, 3.05) is 0 Å². The van der Waals surface area contributed by atoms with E-state index in [1.54, 1.807) is 12.1 Å². The van der Waals surface area contributed by atoms with Gasteiger partial charge < -0.3 is 0 Å². The lowest BCUT2D eigenvalue weighted by atomic mass is 10.2. The second kappa shape index (κ2) is 7.36. The predicted molar refractivity (Wildman–Crippen MR) is 44.9 cm³/mol. The minimum absolute atomic E-state index is 0.729. The highest BCUT2D eigenvalue weighted by atomic mass is 16.3. The van der Waals surface area contributed by atoms with Crippen LogP contribution < -0.4 is 11.4 Å². The number of hydrogen-bond acceptors (Lipinski definition) is 4. The van der Waals surface area contributed by atoms with Gasteiger partial charge in [-0.15, -0.1) is 4.91 Å². The highest BCUT2D eigenvalue weighted by Crippen LogP contribution is 1.91. The number of aldehydes is 1. The molecule has 0 spiro atoms. The molecule has 0 saturated heterocycles. The van der Waals surface area contributed by atoms with E-state index in [9.17, 15) is 4.79 Å². The van der Waals surface area contributed by atoms with E-state index in [1.165, 1.54) is 5.53 Å². The third-order valence-corrected chi connectivity index (χ3v) is 0.988. The lowest BCUT2D eigenvalue weighted by Gasteiger charge is -1.81. The molecule has 0 unspecified atom stereocenters. The summed E-state index contributed by atoms with van der Waals surface area (Å²) in [4.78, 5) is 18.7. The van der Waals surface area contributed by atoms with Crippen molar-refractivity contribution in [1.29, 1.82) is 0 Å². The lowest BCUT2D eigenvalue weighted by molar-refractivity contribution is 0.112. The zero-order valence-corrected chi connectivity index (χ0v) is 6.31. The topological polar surface area (TPSA) is 84.5 Å². The van der Waals surface area contributed by atoms with Gasteiger partial charge in [0.05, 0.1) is 5.29 Å². The first kappa shape index (κ1) is 10.2. The minimum Gasteiger partial charge on any atom is -0.298 e. The van der Waals surface area contributed by atoms with Gasteiger partial charge in [-0.1, -0.05) is 30.3 Å². The Balaban J connectivity index is 0.000000261. The van der Waals surface area contributed by atoms with Crippen molar-refractivity contribution in [3.05, 3.63) is 40.8 Å². The number of nitrogens with zero attached hydrogens (tertiary/aromatic N) is 1. The lowest BCUT2D eigenvalue weighted by Crippen LogP contribution is -2.11. The molecule has 0 heterocycles. The molecule has 0 aromatic heterocycles. The van der Waals surface area contributed by atoms with Crippen molar-refractivity contribution < 1.29 is 4.79 Å². The largest absolute Gasteiger partial charge is 0.298 e. The van der Waals surface area contributed by atoms with Gasteiger partial charge in [-0.3, -0.25) is 4.79 Å². The van der Waals surface area contributed by atoms with Gasteiger partial charge in [0.2, 0.25) is 0 Å². The molecule has 0 fully saturated rings. The van der Waals surface area contributed by atoms with Crippen LogP contribution in [0.5, 0.6) is 0 Å². The summed E-state index contributed by atoms with van der Waals surface area (Å²) < 4.78 is 0. The normalized spacial score (nSPS) is 7.42. The van der Waals surface area contributed by atoms with E-state index in [1.807, 2.05) is 23.5 Å². The Morgan fingerprint density at radius 2 is 1.83 bits per heavy atom. The molecule has 0 saturated carbocycles. The first-order chi connectivity index (χ1) is 5.85. The summed E-state index contributed by atoms with van der Waals surface area (Å²) in [6.07, 6.45) is 0.833. The number of nitrogens with one attached hydrogen (secondary N) is 1. The van der Waals surface area contributed by atoms with Crippen LogP contribution in [0.1, 0.15) is 10.4 Å². The average molecular weight is 167 g/mol. The Kier molecular flexibility index (Phi) is 6.29. The molecular weight excluding hydrogens is 158 g/mol. The van der Waals surface area contributed by atoms with Crippen LogP contribution in [0.4, 0.5) is 0 Å². The highest BCUT2D eigenvalue weighted by molar-refractivity contribution is 5.74. The van der Waals surface area contributed by atoms with Crippen LogP contribution in [0.15, 0.2) is 35.6 Å². The van der Waals surface area contributed by atoms with E-state index in [2.05, 4.69) is 5.84 Å². The number of nitroso groups, excluding NO2 is 1. The van der Waals surface area contributed by atoms with Crippen molar-refractivity contribution in [2.24, 2.45) is 11.1 Å². The second-order valence-electron chi connectivity index (χ2n) is 1.75. The molecule has 1 aromatic carbocycles. The van der Waals surface area contributed by atoms with Crippen LogP contribution in [-0.4, -0.2) is 6.29 Å². The summed E-state index contributed by atoms with van der Waals surface area (Å²) >= 11 is 0. The molecule has 5 nitrogen and oxygen atoms in total. The van der Waals surface area contributed by atoms with Crippen LogP contribution in [0.25, 0.3) is 0 Å². The highest BCUT2D eigenvalue weighted by Gasteiger charge is 1.79. The number of nitrogens with two attached hydrogens (primary N) is 1. The van der Waals surface area contributed by atoms with Gasteiger partial charge in [0.15, 0.2) is 0 Å². The van der Waals surface area contributed by atoms with Gasteiger partial charge >= 0.3 is 0 Å². The van der Waals surface area contributed by atoms with Gasteiger partial charge in [-0.2, -0.15) is 0 Å². The number of rotatable bonds is 2. The molecular formula is C7H9N3O2. The predicted octanol–water partition coefficient (Wildman–Crippen LogP) is 0.630. The maximum atomic E-state index is 10.0. The first-order valence-corrected chi connectivity index (χ1v) is 3.13. The number of carbonyl (C=O) groups excluding carboxylic acids is 1. The molecule has 0 aliphatic heterocycles. The maximum absolute atomic E-state index is 10.0. The summed E-state index contributed by atoms with van der Waals surface area (Å²) in [5.74, 6) is 4.30. The third kappa shape index (κ3) is 5.07.